The molecule has 0 aliphatic carbocycles. The number of nitrogens with two attached hydrogens (primary N) is 1. The molecule has 156 valence electrons. The van der Waals surface area contributed by atoms with E-state index in [-0.39, 0.29) is 18.5 Å². The standard InChI is InChI=1S/C21H22FN5O3/c1-11(23)10-30-21(28)27-18-7-13-5-15(17(22)6-14(13)8-25-18)16-9-26-20-19(12(16)2)24-3-4-29-20/h5-9,11,24H,3-4,10,23H2,1-2H3,(H,25,27,28)/t11-/m0/s1. The molecule has 1 aromatic carbocycles. The van der Waals surface area contributed by atoms with E-state index in [0.29, 0.717) is 46.7 Å². The number of ether oxygens (including phenoxy) is 2. The second kappa shape index (κ2) is 8.11. The SMILES string of the molecule is Cc1c(-c2cc3cc(NC(=O)OC[C@H](C)N)ncc3cc2F)cnc2c1NCCO2. The van der Waals surface area contributed by atoms with Gasteiger partial charge in [0.1, 0.15) is 30.5 Å². The lowest BCUT2D eigenvalue weighted by molar-refractivity contribution is 0.156. The molecule has 0 saturated carbocycles. The first-order chi connectivity index (χ1) is 14.4. The predicted molar refractivity (Wildman–Crippen MR) is 112 cm³/mol. The van der Waals surface area contributed by atoms with Crippen molar-refractivity contribution in [1.29, 1.82) is 0 Å². The Morgan fingerprint density at radius 3 is 2.93 bits per heavy atom. The van der Waals surface area contributed by atoms with Gasteiger partial charge < -0.3 is 20.5 Å². The average Bonchev–Trinajstić information content (AvgIpc) is 2.73. The summed E-state index contributed by atoms with van der Waals surface area (Å²) in [6.07, 6.45) is 2.45. The molecule has 0 radical (unpaired) electrons. The Bertz CT molecular complexity index is 1120. The van der Waals surface area contributed by atoms with Gasteiger partial charge in [0.2, 0.25) is 5.88 Å². The van der Waals surface area contributed by atoms with Gasteiger partial charge in [0.05, 0.1) is 0 Å². The minimum absolute atomic E-state index is 0.0944. The number of nitrogens with zero attached hydrogens (tertiary/aromatic N) is 2. The zero-order valence-electron chi connectivity index (χ0n) is 16.7. The van der Waals surface area contributed by atoms with Gasteiger partial charge in [-0.05, 0) is 43.0 Å². The molecule has 30 heavy (non-hydrogen) atoms. The molecule has 8 nitrogen and oxygen atoms in total. The number of rotatable bonds is 4. The summed E-state index contributed by atoms with van der Waals surface area (Å²) in [5.74, 6) is 0.428. The van der Waals surface area contributed by atoms with E-state index in [0.717, 1.165) is 11.3 Å². The van der Waals surface area contributed by atoms with E-state index >= 15 is 0 Å². The Morgan fingerprint density at radius 2 is 2.13 bits per heavy atom. The molecule has 2 aromatic heterocycles. The van der Waals surface area contributed by atoms with Gasteiger partial charge in [0.15, 0.2) is 0 Å². The monoisotopic (exact) mass is 411 g/mol. The van der Waals surface area contributed by atoms with Crippen molar-refractivity contribution in [3.8, 4) is 17.0 Å². The van der Waals surface area contributed by atoms with Gasteiger partial charge in [0, 0.05) is 41.5 Å². The first kappa shape index (κ1) is 19.8. The lowest BCUT2D eigenvalue weighted by atomic mass is 9.98. The number of nitrogens with one attached hydrogen (secondary N) is 2. The van der Waals surface area contributed by atoms with Crippen LogP contribution in [0.3, 0.4) is 0 Å². The number of carbonyl (C=O) groups is 1. The number of benzene rings is 1. The Labute approximate surface area is 172 Å². The van der Waals surface area contributed by atoms with E-state index in [1.54, 1.807) is 25.3 Å². The van der Waals surface area contributed by atoms with Crippen LogP contribution in [-0.4, -0.2) is 41.9 Å². The maximum atomic E-state index is 14.9. The normalized spacial score (nSPS) is 13.7. The zero-order chi connectivity index (χ0) is 21.3. The number of halogens is 1. The third-order valence-electron chi connectivity index (χ3n) is 4.75. The highest BCUT2D eigenvalue weighted by molar-refractivity contribution is 5.92. The number of pyridine rings is 2. The Balaban J connectivity index is 1.68. The van der Waals surface area contributed by atoms with Gasteiger partial charge in [-0.3, -0.25) is 5.32 Å². The summed E-state index contributed by atoms with van der Waals surface area (Å²) in [5, 5.41) is 7.13. The molecule has 1 aliphatic heterocycles. The fourth-order valence-corrected chi connectivity index (χ4v) is 3.28. The third kappa shape index (κ3) is 3.97. The van der Waals surface area contributed by atoms with E-state index in [9.17, 15) is 9.18 Å². The zero-order valence-corrected chi connectivity index (χ0v) is 16.7. The van der Waals surface area contributed by atoms with Gasteiger partial charge in [-0.2, -0.15) is 0 Å². The summed E-state index contributed by atoms with van der Waals surface area (Å²) in [6, 6.07) is 4.52. The van der Waals surface area contributed by atoms with E-state index in [1.165, 1.54) is 12.3 Å². The molecule has 4 N–H and O–H groups in total. The van der Waals surface area contributed by atoms with Crippen LogP contribution in [0.15, 0.2) is 30.6 Å². The summed E-state index contributed by atoms with van der Waals surface area (Å²) in [6.45, 7) is 4.93. The molecule has 0 bridgehead atoms. The summed E-state index contributed by atoms with van der Waals surface area (Å²) < 4.78 is 25.4. The van der Waals surface area contributed by atoms with Gasteiger partial charge in [-0.1, -0.05) is 0 Å². The number of hydrogen-bond acceptors (Lipinski definition) is 7. The van der Waals surface area contributed by atoms with Crippen molar-refractivity contribution in [2.75, 3.05) is 30.4 Å². The summed E-state index contributed by atoms with van der Waals surface area (Å²) in [5.41, 5.74) is 8.26. The Morgan fingerprint density at radius 1 is 1.30 bits per heavy atom. The summed E-state index contributed by atoms with van der Waals surface area (Å²) in [4.78, 5) is 20.3. The first-order valence-corrected chi connectivity index (χ1v) is 9.57. The third-order valence-corrected chi connectivity index (χ3v) is 4.75. The topological polar surface area (TPSA) is 111 Å². The van der Waals surface area contributed by atoms with Crippen molar-refractivity contribution < 1.29 is 18.7 Å². The number of amides is 1. The summed E-state index contributed by atoms with van der Waals surface area (Å²) in [7, 11) is 0. The maximum absolute atomic E-state index is 14.9. The van der Waals surface area contributed by atoms with Crippen molar-refractivity contribution in [2.45, 2.75) is 19.9 Å². The van der Waals surface area contributed by atoms with Crippen LogP contribution < -0.4 is 21.1 Å². The molecule has 1 aliphatic rings. The molecule has 1 atom stereocenters. The Hall–Kier alpha value is -3.46. The number of carbonyl (C=O) groups excluding carboxylic acids is 1. The van der Waals surface area contributed by atoms with Crippen LogP contribution >= 0.6 is 0 Å². The minimum Gasteiger partial charge on any atom is -0.474 e. The molecule has 3 heterocycles. The van der Waals surface area contributed by atoms with Gasteiger partial charge >= 0.3 is 6.09 Å². The smallest absolute Gasteiger partial charge is 0.412 e. The van der Waals surface area contributed by atoms with Gasteiger partial charge in [0.25, 0.3) is 0 Å². The molecule has 1 amide bonds. The molecule has 9 heteroatoms. The number of anilines is 2. The van der Waals surface area contributed by atoms with Crippen LogP contribution in [0.25, 0.3) is 21.9 Å². The highest BCUT2D eigenvalue weighted by Crippen LogP contribution is 2.37. The Kier molecular flexibility index (Phi) is 5.37. The average molecular weight is 411 g/mol. The second-order valence-corrected chi connectivity index (χ2v) is 7.20. The van der Waals surface area contributed by atoms with Crippen molar-refractivity contribution in [2.24, 2.45) is 5.73 Å². The van der Waals surface area contributed by atoms with Crippen molar-refractivity contribution in [3.63, 3.8) is 0 Å². The van der Waals surface area contributed by atoms with E-state index < -0.39 is 6.09 Å². The van der Waals surface area contributed by atoms with Crippen LogP contribution in [0.4, 0.5) is 20.7 Å². The van der Waals surface area contributed by atoms with Gasteiger partial charge in [-0.25, -0.2) is 19.2 Å². The largest absolute Gasteiger partial charge is 0.474 e. The molecule has 0 fully saturated rings. The summed E-state index contributed by atoms with van der Waals surface area (Å²) >= 11 is 0. The lowest BCUT2D eigenvalue weighted by Gasteiger charge is -2.21. The van der Waals surface area contributed by atoms with Crippen molar-refractivity contribution in [3.05, 3.63) is 42.0 Å². The fraction of sp³-hybridized carbons (Fsp3) is 0.286. The van der Waals surface area contributed by atoms with Crippen LogP contribution in [0, 0.1) is 12.7 Å². The quantitative estimate of drug-likeness (QED) is 0.603. The molecular formula is C21H22FN5O3. The van der Waals surface area contributed by atoms with Crippen LogP contribution in [0.2, 0.25) is 0 Å². The molecule has 0 spiro atoms. The highest BCUT2D eigenvalue weighted by Gasteiger charge is 2.19. The van der Waals surface area contributed by atoms with E-state index in [2.05, 4.69) is 20.6 Å². The lowest BCUT2D eigenvalue weighted by Crippen LogP contribution is -2.26. The van der Waals surface area contributed by atoms with Crippen LogP contribution in [0.5, 0.6) is 5.88 Å². The van der Waals surface area contributed by atoms with Crippen LogP contribution in [-0.2, 0) is 4.74 Å². The fourth-order valence-electron chi connectivity index (χ4n) is 3.28. The molecule has 4 rings (SSSR count). The molecular weight excluding hydrogens is 389 g/mol. The molecule has 0 unspecified atom stereocenters. The van der Waals surface area contributed by atoms with E-state index in [1.807, 2.05) is 6.92 Å². The highest BCUT2D eigenvalue weighted by atomic mass is 19.1. The number of aromatic nitrogens is 2. The van der Waals surface area contributed by atoms with Crippen LogP contribution in [0.1, 0.15) is 12.5 Å². The van der Waals surface area contributed by atoms with E-state index in [4.69, 9.17) is 15.2 Å². The van der Waals surface area contributed by atoms with Gasteiger partial charge in [-0.15, -0.1) is 0 Å². The predicted octanol–water partition coefficient (Wildman–Crippen LogP) is 3.44. The number of hydrogen-bond donors (Lipinski definition) is 3. The minimum atomic E-state index is -0.651. The number of fused-ring (bicyclic) bond motifs is 2. The second-order valence-electron chi connectivity index (χ2n) is 7.20. The van der Waals surface area contributed by atoms with Crippen molar-refractivity contribution >= 4 is 28.4 Å². The molecule has 3 aromatic rings. The maximum Gasteiger partial charge on any atom is 0.412 e. The first-order valence-electron chi connectivity index (χ1n) is 9.57. The molecule has 0 saturated heterocycles. The van der Waals surface area contributed by atoms with Crippen molar-refractivity contribution in [1.82, 2.24) is 9.97 Å².